The van der Waals surface area contributed by atoms with Crippen molar-refractivity contribution >= 4 is 50.6 Å². The number of halogens is 1. The van der Waals surface area contributed by atoms with Gasteiger partial charge in [0.15, 0.2) is 0 Å². The minimum atomic E-state index is -4.15. The highest BCUT2D eigenvalue weighted by Gasteiger charge is 2.36. The molecule has 1 aliphatic rings. The molecule has 1 aliphatic heterocycles. The quantitative estimate of drug-likeness (QED) is 0.690. The molecule has 2 aromatic rings. The molecular weight excluding hydrogens is 436 g/mol. The number of likely N-dealkylation sites (tertiary alicyclic amines) is 1. The van der Waals surface area contributed by atoms with Crippen molar-refractivity contribution in [3.8, 4) is 0 Å². The van der Waals surface area contributed by atoms with Crippen molar-refractivity contribution in [1.29, 1.82) is 0 Å². The molecule has 2 aromatic heterocycles. The van der Waals surface area contributed by atoms with Gasteiger partial charge in [0, 0.05) is 24.7 Å². The van der Waals surface area contributed by atoms with Crippen LogP contribution in [0.1, 0.15) is 31.1 Å². The number of nitrogens with one attached hydrogen (secondary N) is 2. The molecule has 0 bridgehead atoms. The fourth-order valence-corrected chi connectivity index (χ4v) is 5.91. The zero-order valence-corrected chi connectivity index (χ0v) is 19.1. The standard InChI is InChI=1S/C17H25ClN6O3S2/c1-11(2)16-14(7-15(18)28-16)20-17(25)21-29(26,27)24(12-5-6-22(3)9-12)13-8-19-23(4)10-13/h7-8,10-12H,5-6,9H2,1-4H3,(H2,20,21,25)/t12-/m0/s1. The van der Waals surface area contributed by atoms with Gasteiger partial charge in [0.25, 0.3) is 0 Å². The summed E-state index contributed by atoms with van der Waals surface area (Å²) in [5, 5.41) is 6.70. The second kappa shape index (κ2) is 8.50. The van der Waals surface area contributed by atoms with E-state index in [1.165, 1.54) is 26.5 Å². The van der Waals surface area contributed by atoms with Gasteiger partial charge in [0.1, 0.15) is 0 Å². The number of urea groups is 1. The SMILES string of the molecule is CC(C)c1sc(Cl)cc1NC(=O)NS(=O)(=O)N(c1cnn(C)c1)[C@H]1CCN(C)C1. The lowest BCUT2D eigenvalue weighted by Crippen LogP contribution is -2.50. The van der Waals surface area contributed by atoms with Crippen LogP contribution in [0.25, 0.3) is 0 Å². The maximum atomic E-state index is 13.1. The molecule has 0 radical (unpaired) electrons. The van der Waals surface area contributed by atoms with E-state index < -0.39 is 16.2 Å². The summed E-state index contributed by atoms with van der Waals surface area (Å²) in [7, 11) is -0.509. The lowest BCUT2D eigenvalue weighted by atomic mass is 10.1. The van der Waals surface area contributed by atoms with Gasteiger partial charge < -0.3 is 10.2 Å². The van der Waals surface area contributed by atoms with Gasteiger partial charge in [-0.15, -0.1) is 11.3 Å². The lowest BCUT2D eigenvalue weighted by molar-refractivity contribution is 0.256. The molecule has 160 valence electrons. The number of nitrogens with zero attached hydrogens (tertiary/aromatic N) is 4. The van der Waals surface area contributed by atoms with E-state index in [-0.39, 0.29) is 12.0 Å². The molecule has 2 N–H and O–H groups in total. The Hall–Kier alpha value is -1.82. The summed E-state index contributed by atoms with van der Waals surface area (Å²) in [6.07, 6.45) is 3.75. The molecule has 9 nitrogen and oxygen atoms in total. The molecule has 0 saturated carbocycles. The summed E-state index contributed by atoms with van der Waals surface area (Å²) in [5.74, 6) is 0.139. The second-order valence-corrected chi connectivity index (χ2v) is 10.7. The first-order valence-corrected chi connectivity index (χ1v) is 11.8. The van der Waals surface area contributed by atoms with Crippen LogP contribution in [-0.4, -0.2) is 55.3 Å². The molecule has 3 heterocycles. The van der Waals surface area contributed by atoms with Gasteiger partial charge in [-0.3, -0.25) is 4.68 Å². The van der Waals surface area contributed by atoms with Gasteiger partial charge in [-0.2, -0.15) is 13.5 Å². The number of carbonyl (C=O) groups is 1. The van der Waals surface area contributed by atoms with Gasteiger partial charge in [-0.1, -0.05) is 25.4 Å². The van der Waals surface area contributed by atoms with Crippen molar-refractivity contribution in [2.75, 3.05) is 29.8 Å². The van der Waals surface area contributed by atoms with Crippen LogP contribution in [0.4, 0.5) is 16.2 Å². The number of amides is 2. The number of thiophene rings is 1. The van der Waals surface area contributed by atoms with Crippen molar-refractivity contribution in [3.63, 3.8) is 0 Å². The number of aromatic nitrogens is 2. The summed E-state index contributed by atoms with van der Waals surface area (Å²) < 4.78 is 31.7. The molecule has 12 heteroatoms. The van der Waals surface area contributed by atoms with E-state index >= 15 is 0 Å². The summed E-state index contributed by atoms with van der Waals surface area (Å²) >= 11 is 7.42. The Bertz CT molecular complexity index is 987. The molecule has 1 saturated heterocycles. The van der Waals surface area contributed by atoms with E-state index in [0.717, 1.165) is 11.4 Å². The van der Waals surface area contributed by atoms with Crippen LogP contribution in [0.5, 0.6) is 0 Å². The van der Waals surface area contributed by atoms with E-state index in [0.29, 0.717) is 28.7 Å². The average molecular weight is 461 g/mol. The molecule has 0 spiro atoms. The van der Waals surface area contributed by atoms with Crippen molar-refractivity contribution in [3.05, 3.63) is 27.7 Å². The summed E-state index contributed by atoms with van der Waals surface area (Å²) in [5.41, 5.74) is 0.922. The highest BCUT2D eigenvalue weighted by atomic mass is 35.5. The highest BCUT2D eigenvalue weighted by Crippen LogP contribution is 2.36. The van der Waals surface area contributed by atoms with Gasteiger partial charge >= 0.3 is 16.2 Å². The third kappa shape index (κ3) is 5.03. The first-order chi connectivity index (χ1) is 13.6. The Morgan fingerprint density at radius 1 is 1.41 bits per heavy atom. The third-order valence-electron chi connectivity index (χ3n) is 4.63. The van der Waals surface area contributed by atoms with Crippen LogP contribution in [0.15, 0.2) is 18.5 Å². The molecule has 0 aliphatic carbocycles. The number of aryl methyl sites for hydroxylation is 1. The molecule has 0 unspecified atom stereocenters. The van der Waals surface area contributed by atoms with Crippen LogP contribution in [-0.2, 0) is 17.3 Å². The van der Waals surface area contributed by atoms with E-state index in [2.05, 4.69) is 15.1 Å². The van der Waals surface area contributed by atoms with Crippen molar-refractivity contribution in [2.45, 2.75) is 32.2 Å². The number of hydrogen-bond donors (Lipinski definition) is 2. The smallest absolute Gasteiger partial charge is 0.306 e. The molecule has 1 fully saturated rings. The predicted molar refractivity (Wildman–Crippen MR) is 116 cm³/mol. The summed E-state index contributed by atoms with van der Waals surface area (Å²) in [6, 6.07) is 0.497. The zero-order chi connectivity index (χ0) is 21.3. The molecule has 0 aromatic carbocycles. The van der Waals surface area contributed by atoms with E-state index in [9.17, 15) is 13.2 Å². The third-order valence-corrected chi connectivity index (χ3v) is 7.66. The molecular formula is C17H25ClN6O3S2. The van der Waals surface area contributed by atoms with Gasteiger partial charge in [0.05, 0.1) is 27.9 Å². The summed E-state index contributed by atoms with van der Waals surface area (Å²) in [6.45, 7) is 5.29. The lowest BCUT2D eigenvalue weighted by Gasteiger charge is -2.28. The Morgan fingerprint density at radius 2 is 2.14 bits per heavy atom. The Morgan fingerprint density at radius 3 is 2.69 bits per heavy atom. The molecule has 2 amide bonds. The molecule has 1 atom stereocenters. The van der Waals surface area contributed by atoms with Crippen molar-refractivity contribution < 1.29 is 13.2 Å². The second-order valence-electron chi connectivity index (χ2n) is 7.42. The fraction of sp³-hybridized carbons (Fsp3) is 0.529. The van der Waals surface area contributed by atoms with Crippen LogP contribution in [0.3, 0.4) is 0 Å². The first-order valence-electron chi connectivity index (χ1n) is 9.16. The van der Waals surface area contributed by atoms with Crippen molar-refractivity contribution in [1.82, 2.24) is 19.4 Å². The largest absolute Gasteiger partial charge is 0.334 e. The minimum absolute atomic E-state index is 0.139. The number of rotatable bonds is 6. The van der Waals surface area contributed by atoms with Gasteiger partial charge in [-0.05, 0) is 32.0 Å². The highest BCUT2D eigenvalue weighted by molar-refractivity contribution is 7.91. The average Bonchev–Trinajstić information content (AvgIpc) is 3.28. The maximum Gasteiger partial charge on any atom is 0.334 e. The Labute approximate surface area is 179 Å². The zero-order valence-electron chi connectivity index (χ0n) is 16.7. The topological polar surface area (TPSA) is 99.6 Å². The monoisotopic (exact) mass is 460 g/mol. The van der Waals surface area contributed by atoms with Crippen LogP contribution in [0.2, 0.25) is 4.34 Å². The normalized spacial score (nSPS) is 17.7. The molecule has 3 rings (SSSR count). The summed E-state index contributed by atoms with van der Waals surface area (Å²) in [4.78, 5) is 15.5. The van der Waals surface area contributed by atoms with Crippen LogP contribution >= 0.6 is 22.9 Å². The van der Waals surface area contributed by atoms with Crippen molar-refractivity contribution in [2.24, 2.45) is 7.05 Å². The minimum Gasteiger partial charge on any atom is -0.306 e. The number of carbonyl (C=O) groups excluding carboxylic acids is 1. The molecule has 29 heavy (non-hydrogen) atoms. The Balaban J connectivity index is 1.82. The van der Waals surface area contributed by atoms with E-state index in [1.807, 2.05) is 25.8 Å². The number of hydrogen-bond acceptors (Lipinski definition) is 6. The fourth-order valence-electron chi connectivity index (χ4n) is 3.39. The predicted octanol–water partition coefficient (Wildman–Crippen LogP) is 2.84. The maximum absolute atomic E-state index is 13.1. The number of anilines is 2. The van der Waals surface area contributed by atoms with Crippen LogP contribution < -0.4 is 14.3 Å². The van der Waals surface area contributed by atoms with E-state index in [1.54, 1.807) is 19.3 Å². The first kappa shape index (κ1) is 21.9. The van der Waals surface area contributed by atoms with Gasteiger partial charge in [-0.25, -0.2) is 13.8 Å². The van der Waals surface area contributed by atoms with Gasteiger partial charge in [0.2, 0.25) is 0 Å². The van der Waals surface area contributed by atoms with Crippen LogP contribution in [0, 0.1) is 0 Å². The Kier molecular flexibility index (Phi) is 6.42. The number of likely N-dealkylation sites (N-methyl/N-ethyl adjacent to an activating group) is 1. The van der Waals surface area contributed by atoms with E-state index in [4.69, 9.17) is 11.6 Å².